The molecule has 0 aliphatic heterocycles. The van der Waals surface area contributed by atoms with Crippen molar-refractivity contribution < 1.29 is 4.39 Å². The quantitative estimate of drug-likeness (QED) is 0.865. The van der Waals surface area contributed by atoms with Gasteiger partial charge in [-0.05, 0) is 37.6 Å². The normalized spacial score (nSPS) is 10.9. The zero-order valence-corrected chi connectivity index (χ0v) is 10.3. The molecule has 0 unspecified atom stereocenters. The van der Waals surface area contributed by atoms with Gasteiger partial charge in [0.15, 0.2) is 0 Å². The van der Waals surface area contributed by atoms with Crippen LogP contribution in [-0.4, -0.2) is 9.55 Å². The lowest BCUT2D eigenvalue weighted by molar-refractivity contribution is 0.619. The summed E-state index contributed by atoms with van der Waals surface area (Å²) in [4.78, 5) is 4.48. The molecule has 4 heteroatoms. The molecule has 0 bridgehead atoms. The van der Waals surface area contributed by atoms with Crippen LogP contribution in [-0.2, 0) is 13.6 Å². The molecule has 1 aromatic heterocycles. The molecule has 2 N–H and O–H groups in total. The molecular weight excluding hydrogens is 217 g/mol. The van der Waals surface area contributed by atoms with Crippen LogP contribution in [0.15, 0.2) is 18.2 Å². The predicted octanol–water partition coefficient (Wildman–Crippen LogP) is 2.30. The number of nitrogens with zero attached hydrogens (tertiary/aromatic N) is 2. The number of benzene rings is 1. The summed E-state index contributed by atoms with van der Waals surface area (Å²) >= 11 is 0. The summed E-state index contributed by atoms with van der Waals surface area (Å²) in [7, 11) is 1.93. The zero-order chi connectivity index (χ0) is 12.6. The highest BCUT2D eigenvalue weighted by atomic mass is 19.1. The van der Waals surface area contributed by atoms with Gasteiger partial charge in [0.25, 0.3) is 0 Å². The first-order valence-electron chi connectivity index (χ1n) is 5.53. The van der Waals surface area contributed by atoms with Gasteiger partial charge in [-0.2, -0.15) is 0 Å². The minimum absolute atomic E-state index is 0.193. The van der Waals surface area contributed by atoms with Gasteiger partial charge in [0.2, 0.25) is 0 Å². The van der Waals surface area contributed by atoms with Gasteiger partial charge in [-0.15, -0.1) is 0 Å². The van der Waals surface area contributed by atoms with Crippen LogP contribution in [0.4, 0.5) is 4.39 Å². The van der Waals surface area contributed by atoms with E-state index in [1.54, 1.807) is 13.0 Å². The van der Waals surface area contributed by atoms with Gasteiger partial charge in [-0.3, -0.25) is 0 Å². The molecule has 0 atom stereocenters. The van der Waals surface area contributed by atoms with Gasteiger partial charge >= 0.3 is 0 Å². The molecule has 17 heavy (non-hydrogen) atoms. The molecule has 1 heterocycles. The summed E-state index contributed by atoms with van der Waals surface area (Å²) in [5.41, 5.74) is 9.09. The van der Waals surface area contributed by atoms with Crippen LogP contribution in [0.25, 0.3) is 11.3 Å². The molecular formula is C13H16FN3. The molecule has 0 spiro atoms. The second kappa shape index (κ2) is 4.30. The topological polar surface area (TPSA) is 43.8 Å². The Morgan fingerprint density at radius 1 is 1.35 bits per heavy atom. The van der Waals surface area contributed by atoms with Crippen LogP contribution in [0, 0.1) is 19.7 Å². The highest BCUT2D eigenvalue weighted by Crippen LogP contribution is 2.24. The third-order valence-corrected chi connectivity index (χ3v) is 3.09. The van der Waals surface area contributed by atoms with Gasteiger partial charge in [-0.25, -0.2) is 9.37 Å². The smallest absolute Gasteiger partial charge is 0.126 e. The van der Waals surface area contributed by atoms with Crippen molar-refractivity contribution in [3.8, 4) is 11.3 Å². The lowest BCUT2D eigenvalue weighted by Gasteiger charge is -2.03. The molecule has 90 valence electrons. The molecule has 0 aliphatic rings. The second-order valence-electron chi connectivity index (χ2n) is 4.19. The van der Waals surface area contributed by atoms with E-state index in [1.807, 2.05) is 24.6 Å². The number of aromatic nitrogens is 2. The fourth-order valence-corrected chi connectivity index (χ4v) is 1.89. The van der Waals surface area contributed by atoms with Gasteiger partial charge in [0.05, 0.1) is 12.2 Å². The number of nitrogens with two attached hydrogens (primary N) is 1. The van der Waals surface area contributed by atoms with Crippen LogP contribution >= 0.6 is 0 Å². The average Bonchev–Trinajstić information content (AvgIpc) is 2.60. The zero-order valence-electron chi connectivity index (χ0n) is 10.3. The summed E-state index contributed by atoms with van der Waals surface area (Å²) in [6.07, 6.45) is 0. The minimum atomic E-state index is -0.193. The van der Waals surface area contributed by atoms with Crippen molar-refractivity contribution in [1.29, 1.82) is 0 Å². The van der Waals surface area contributed by atoms with Crippen LogP contribution < -0.4 is 5.73 Å². The van der Waals surface area contributed by atoms with Crippen LogP contribution in [0.2, 0.25) is 0 Å². The highest BCUT2D eigenvalue weighted by molar-refractivity contribution is 5.63. The fraction of sp³-hybridized carbons (Fsp3) is 0.308. The van der Waals surface area contributed by atoms with E-state index < -0.39 is 0 Å². The molecule has 0 amide bonds. The maximum atomic E-state index is 13.2. The average molecular weight is 233 g/mol. The van der Waals surface area contributed by atoms with Crippen LogP contribution in [0.1, 0.15) is 17.1 Å². The SMILES string of the molecule is Cc1cc(-c2nc(CN)n(C)c2C)ccc1F. The fourth-order valence-electron chi connectivity index (χ4n) is 1.89. The van der Waals surface area contributed by atoms with E-state index in [2.05, 4.69) is 4.98 Å². The number of aryl methyl sites for hydroxylation is 1. The minimum Gasteiger partial charge on any atom is -0.334 e. The number of halogens is 1. The Bertz CT molecular complexity index is 558. The largest absolute Gasteiger partial charge is 0.334 e. The van der Waals surface area contributed by atoms with E-state index in [1.165, 1.54) is 6.07 Å². The number of imidazole rings is 1. The first-order valence-corrected chi connectivity index (χ1v) is 5.53. The number of hydrogen-bond donors (Lipinski definition) is 1. The van der Waals surface area contributed by atoms with Crippen molar-refractivity contribution >= 4 is 0 Å². The van der Waals surface area contributed by atoms with Crippen molar-refractivity contribution in [2.75, 3.05) is 0 Å². The van der Waals surface area contributed by atoms with E-state index in [9.17, 15) is 4.39 Å². The van der Waals surface area contributed by atoms with Gasteiger partial charge in [-0.1, -0.05) is 0 Å². The summed E-state index contributed by atoms with van der Waals surface area (Å²) in [5.74, 6) is 0.640. The van der Waals surface area contributed by atoms with Gasteiger partial charge in [0.1, 0.15) is 11.6 Å². The summed E-state index contributed by atoms with van der Waals surface area (Å²) in [6.45, 7) is 4.14. The Morgan fingerprint density at radius 2 is 2.06 bits per heavy atom. The van der Waals surface area contributed by atoms with E-state index in [4.69, 9.17) is 5.73 Å². The number of rotatable bonds is 2. The third kappa shape index (κ3) is 1.96. The molecule has 0 fully saturated rings. The highest BCUT2D eigenvalue weighted by Gasteiger charge is 2.12. The molecule has 0 saturated carbocycles. The first-order chi connectivity index (χ1) is 8.04. The van der Waals surface area contributed by atoms with E-state index in [0.29, 0.717) is 12.1 Å². The Morgan fingerprint density at radius 3 is 2.59 bits per heavy atom. The second-order valence-corrected chi connectivity index (χ2v) is 4.19. The molecule has 2 rings (SSSR count). The van der Waals surface area contributed by atoms with Crippen molar-refractivity contribution in [2.24, 2.45) is 12.8 Å². The maximum absolute atomic E-state index is 13.2. The summed E-state index contributed by atoms with van der Waals surface area (Å²) in [5, 5.41) is 0. The Balaban J connectivity index is 2.56. The molecule has 0 radical (unpaired) electrons. The third-order valence-electron chi connectivity index (χ3n) is 3.09. The lowest BCUT2D eigenvalue weighted by atomic mass is 10.1. The summed E-state index contributed by atoms with van der Waals surface area (Å²) < 4.78 is 15.2. The van der Waals surface area contributed by atoms with E-state index in [-0.39, 0.29) is 5.82 Å². The van der Waals surface area contributed by atoms with Crippen molar-refractivity contribution in [3.63, 3.8) is 0 Å². The van der Waals surface area contributed by atoms with Gasteiger partial charge < -0.3 is 10.3 Å². The first kappa shape index (κ1) is 11.8. The van der Waals surface area contributed by atoms with Crippen molar-refractivity contribution in [3.05, 3.63) is 41.1 Å². The Kier molecular flexibility index (Phi) is 2.98. The predicted molar refractivity (Wildman–Crippen MR) is 66.0 cm³/mol. The van der Waals surface area contributed by atoms with E-state index >= 15 is 0 Å². The maximum Gasteiger partial charge on any atom is 0.126 e. The Hall–Kier alpha value is -1.68. The van der Waals surface area contributed by atoms with E-state index in [0.717, 1.165) is 22.8 Å². The van der Waals surface area contributed by atoms with Crippen molar-refractivity contribution in [1.82, 2.24) is 9.55 Å². The molecule has 3 nitrogen and oxygen atoms in total. The van der Waals surface area contributed by atoms with Crippen LogP contribution in [0.5, 0.6) is 0 Å². The molecule has 1 aromatic carbocycles. The molecule has 0 saturated heterocycles. The van der Waals surface area contributed by atoms with Crippen LogP contribution in [0.3, 0.4) is 0 Å². The van der Waals surface area contributed by atoms with Gasteiger partial charge in [0, 0.05) is 18.3 Å². The Labute approximate surface area is 100 Å². The molecule has 2 aromatic rings. The molecule has 0 aliphatic carbocycles. The number of hydrogen-bond acceptors (Lipinski definition) is 2. The summed E-state index contributed by atoms with van der Waals surface area (Å²) in [6, 6.07) is 5.03. The van der Waals surface area contributed by atoms with Crippen molar-refractivity contribution in [2.45, 2.75) is 20.4 Å². The monoisotopic (exact) mass is 233 g/mol. The lowest BCUT2D eigenvalue weighted by Crippen LogP contribution is -2.05. The standard InChI is InChI=1S/C13H16FN3/c1-8-6-10(4-5-11(8)14)13-9(2)17(3)12(7-15)16-13/h4-6H,7,15H2,1-3H3.